The van der Waals surface area contributed by atoms with Crippen LogP contribution in [0.2, 0.25) is 0 Å². The average Bonchev–Trinajstić information content (AvgIpc) is 2.66. The molecule has 0 aliphatic carbocycles. The average molecular weight is 339 g/mol. The number of benzene rings is 2. The van der Waals surface area contributed by atoms with Crippen molar-refractivity contribution >= 4 is 11.7 Å². The van der Waals surface area contributed by atoms with Crippen molar-refractivity contribution in [1.29, 1.82) is 0 Å². The summed E-state index contributed by atoms with van der Waals surface area (Å²) in [5, 5.41) is 3.02. The molecule has 0 radical (unpaired) electrons. The summed E-state index contributed by atoms with van der Waals surface area (Å²) in [6.45, 7) is 5.76. The molecule has 25 heavy (non-hydrogen) atoms. The van der Waals surface area contributed by atoms with Crippen LogP contribution in [-0.4, -0.2) is 44.2 Å². The van der Waals surface area contributed by atoms with E-state index in [2.05, 4.69) is 41.4 Å². The molecule has 3 rings (SSSR count). The van der Waals surface area contributed by atoms with Gasteiger partial charge in [0.05, 0.1) is 7.11 Å². The molecule has 132 valence electrons. The molecule has 1 aliphatic heterocycles. The Morgan fingerprint density at radius 1 is 1.08 bits per heavy atom. The number of carbonyl (C=O) groups excluding carboxylic acids is 1. The molecule has 2 aromatic rings. The first-order valence-electron chi connectivity index (χ1n) is 8.63. The van der Waals surface area contributed by atoms with E-state index < -0.39 is 0 Å². The van der Waals surface area contributed by atoms with E-state index in [1.165, 1.54) is 11.3 Å². The van der Waals surface area contributed by atoms with Gasteiger partial charge in [-0.15, -0.1) is 0 Å². The molecular weight excluding hydrogens is 314 g/mol. The molecule has 1 fully saturated rings. The highest BCUT2D eigenvalue weighted by molar-refractivity contribution is 5.74. The van der Waals surface area contributed by atoms with Crippen molar-refractivity contribution in [1.82, 2.24) is 10.2 Å². The first-order valence-corrected chi connectivity index (χ1v) is 8.63. The Balaban J connectivity index is 1.48. The molecule has 2 amide bonds. The van der Waals surface area contributed by atoms with Gasteiger partial charge in [0.2, 0.25) is 0 Å². The van der Waals surface area contributed by atoms with Crippen molar-refractivity contribution in [3.63, 3.8) is 0 Å². The topological polar surface area (TPSA) is 44.8 Å². The summed E-state index contributed by atoms with van der Waals surface area (Å²) in [4.78, 5) is 16.5. The zero-order valence-electron chi connectivity index (χ0n) is 14.9. The third-order valence-corrected chi connectivity index (χ3v) is 4.53. The predicted molar refractivity (Wildman–Crippen MR) is 100 cm³/mol. The van der Waals surface area contributed by atoms with E-state index in [1.54, 1.807) is 7.11 Å². The van der Waals surface area contributed by atoms with Gasteiger partial charge >= 0.3 is 6.03 Å². The van der Waals surface area contributed by atoms with Gasteiger partial charge in [0, 0.05) is 38.4 Å². The third-order valence-electron chi connectivity index (χ3n) is 4.53. The summed E-state index contributed by atoms with van der Waals surface area (Å²) in [7, 11) is 1.67. The van der Waals surface area contributed by atoms with Gasteiger partial charge in [-0.2, -0.15) is 0 Å². The number of piperazine rings is 1. The summed E-state index contributed by atoms with van der Waals surface area (Å²) in [5.41, 5.74) is 3.51. The van der Waals surface area contributed by atoms with Gasteiger partial charge in [-0.3, -0.25) is 0 Å². The smallest absolute Gasteiger partial charge is 0.317 e. The summed E-state index contributed by atoms with van der Waals surface area (Å²) >= 11 is 0. The molecular formula is C20H25N3O2. The number of hydrogen-bond acceptors (Lipinski definition) is 3. The number of anilines is 1. The number of hydrogen-bond donors (Lipinski definition) is 1. The van der Waals surface area contributed by atoms with Crippen LogP contribution in [-0.2, 0) is 6.54 Å². The lowest BCUT2D eigenvalue weighted by Gasteiger charge is -2.36. The Labute approximate surface area is 149 Å². The molecule has 1 saturated heterocycles. The van der Waals surface area contributed by atoms with Crippen molar-refractivity contribution < 1.29 is 9.53 Å². The molecule has 2 aromatic carbocycles. The number of amides is 2. The number of methoxy groups -OCH3 is 1. The second-order valence-electron chi connectivity index (χ2n) is 6.32. The van der Waals surface area contributed by atoms with Gasteiger partial charge in [-0.1, -0.05) is 29.8 Å². The summed E-state index contributed by atoms with van der Waals surface area (Å²) in [6.07, 6.45) is 0. The Bertz CT molecular complexity index is 707. The Morgan fingerprint density at radius 2 is 1.80 bits per heavy atom. The van der Waals surface area contributed by atoms with Crippen molar-refractivity contribution in [3.8, 4) is 5.75 Å². The highest BCUT2D eigenvalue weighted by atomic mass is 16.5. The van der Waals surface area contributed by atoms with Crippen LogP contribution in [0.5, 0.6) is 5.75 Å². The quantitative estimate of drug-likeness (QED) is 0.931. The van der Waals surface area contributed by atoms with Crippen molar-refractivity contribution in [3.05, 3.63) is 59.7 Å². The highest BCUT2D eigenvalue weighted by Crippen LogP contribution is 2.20. The van der Waals surface area contributed by atoms with Gasteiger partial charge in [0.1, 0.15) is 5.75 Å². The number of urea groups is 1. The molecule has 0 atom stereocenters. The van der Waals surface area contributed by atoms with E-state index in [0.29, 0.717) is 6.54 Å². The standard InChI is InChI=1S/C20H25N3O2/c1-16-4-3-5-17(14-16)15-21-20(24)23-12-10-22(11-13-23)18-6-8-19(25-2)9-7-18/h3-9,14H,10-13,15H2,1-2H3,(H,21,24). The van der Waals surface area contributed by atoms with Gasteiger partial charge < -0.3 is 19.9 Å². The Hall–Kier alpha value is -2.69. The summed E-state index contributed by atoms with van der Waals surface area (Å²) in [5.74, 6) is 0.859. The molecule has 5 nitrogen and oxygen atoms in total. The van der Waals surface area contributed by atoms with Crippen LogP contribution >= 0.6 is 0 Å². The maximum Gasteiger partial charge on any atom is 0.317 e. The largest absolute Gasteiger partial charge is 0.497 e. The lowest BCUT2D eigenvalue weighted by molar-refractivity contribution is 0.194. The van der Waals surface area contributed by atoms with Crippen LogP contribution in [0, 0.1) is 6.92 Å². The van der Waals surface area contributed by atoms with Crippen LogP contribution in [0.1, 0.15) is 11.1 Å². The molecule has 0 spiro atoms. The zero-order valence-corrected chi connectivity index (χ0v) is 14.9. The zero-order chi connectivity index (χ0) is 17.6. The van der Waals surface area contributed by atoms with Gasteiger partial charge in [0.15, 0.2) is 0 Å². The lowest BCUT2D eigenvalue weighted by atomic mass is 10.1. The molecule has 0 unspecified atom stereocenters. The van der Waals surface area contributed by atoms with E-state index in [0.717, 1.165) is 37.5 Å². The van der Waals surface area contributed by atoms with Crippen LogP contribution in [0.15, 0.2) is 48.5 Å². The van der Waals surface area contributed by atoms with E-state index in [-0.39, 0.29) is 6.03 Å². The molecule has 1 heterocycles. The second kappa shape index (κ2) is 7.92. The van der Waals surface area contributed by atoms with Gasteiger partial charge in [-0.25, -0.2) is 4.79 Å². The molecule has 0 bridgehead atoms. The second-order valence-corrected chi connectivity index (χ2v) is 6.32. The van der Waals surface area contributed by atoms with Crippen LogP contribution in [0.4, 0.5) is 10.5 Å². The Kier molecular flexibility index (Phi) is 5.43. The minimum atomic E-state index is 0.0101. The summed E-state index contributed by atoms with van der Waals surface area (Å²) in [6, 6.07) is 16.3. The number of nitrogens with zero attached hydrogens (tertiary/aromatic N) is 2. The van der Waals surface area contributed by atoms with Crippen LogP contribution < -0.4 is 15.0 Å². The number of rotatable bonds is 4. The number of carbonyl (C=O) groups is 1. The van der Waals surface area contributed by atoms with E-state index in [4.69, 9.17) is 4.74 Å². The van der Waals surface area contributed by atoms with Crippen molar-refractivity contribution in [2.24, 2.45) is 0 Å². The van der Waals surface area contributed by atoms with E-state index in [9.17, 15) is 4.79 Å². The first-order chi connectivity index (χ1) is 12.2. The van der Waals surface area contributed by atoms with Crippen LogP contribution in [0.3, 0.4) is 0 Å². The minimum absolute atomic E-state index is 0.0101. The molecule has 1 aliphatic rings. The van der Waals surface area contributed by atoms with Crippen LogP contribution in [0.25, 0.3) is 0 Å². The molecule has 5 heteroatoms. The lowest BCUT2D eigenvalue weighted by Crippen LogP contribution is -2.51. The van der Waals surface area contributed by atoms with E-state index in [1.807, 2.05) is 29.2 Å². The number of ether oxygens (including phenoxy) is 1. The fourth-order valence-corrected chi connectivity index (χ4v) is 3.07. The van der Waals surface area contributed by atoms with Gasteiger partial charge in [0.25, 0.3) is 0 Å². The normalized spacial score (nSPS) is 14.3. The van der Waals surface area contributed by atoms with E-state index >= 15 is 0 Å². The fraction of sp³-hybridized carbons (Fsp3) is 0.350. The number of aryl methyl sites for hydroxylation is 1. The first kappa shape index (κ1) is 17.1. The predicted octanol–water partition coefficient (Wildman–Crippen LogP) is 3.04. The molecule has 0 saturated carbocycles. The monoisotopic (exact) mass is 339 g/mol. The highest BCUT2D eigenvalue weighted by Gasteiger charge is 2.21. The third kappa shape index (κ3) is 4.44. The molecule has 0 aromatic heterocycles. The maximum absolute atomic E-state index is 12.4. The number of nitrogens with one attached hydrogen (secondary N) is 1. The Morgan fingerprint density at radius 3 is 2.44 bits per heavy atom. The SMILES string of the molecule is COc1ccc(N2CCN(C(=O)NCc3cccc(C)c3)CC2)cc1. The summed E-state index contributed by atoms with van der Waals surface area (Å²) < 4.78 is 5.20. The van der Waals surface area contributed by atoms with Gasteiger partial charge in [-0.05, 0) is 36.8 Å². The fourth-order valence-electron chi connectivity index (χ4n) is 3.07. The maximum atomic E-state index is 12.4. The molecule has 1 N–H and O–H groups in total. The van der Waals surface area contributed by atoms with Crippen molar-refractivity contribution in [2.75, 3.05) is 38.2 Å². The minimum Gasteiger partial charge on any atom is -0.497 e. The van der Waals surface area contributed by atoms with Crippen molar-refractivity contribution in [2.45, 2.75) is 13.5 Å².